The average Bonchev–Trinajstić information content (AvgIpc) is 2.64. The van der Waals surface area contributed by atoms with Crippen LogP contribution in [0.5, 0.6) is 5.88 Å². The molecule has 2 heterocycles. The van der Waals surface area contributed by atoms with E-state index in [-0.39, 0.29) is 6.54 Å². The highest BCUT2D eigenvalue weighted by Gasteiger charge is 2.18. The number of nitrogens with zero attached hydrogens (tertiary/aromatic N) is 4. The highest BCUT2D eigenvalue weighted by Crippen LogP contribution is 2.17. The molecule has 0 aromatic carbocycles. The lowest BCUT2D eigenvalue weighted by molar-refractivity contribution is -0.138. The third-order valence-corrected chi connectivity index (χ3v) is 3.11. The molecule has 1 N–H and O–H groups in total. The number of hydrogen-bond acceptors (Lipinski definition) is 6. The number of ether oxygens (including phenoxy) is 1. The van der Waals surface area contributed by atoms with E-state index in [4.69, 9.17) is 9.84 Å². The van der Waals surface area contributed by atoms with Gasteiger partial charge in [-0.15, -0.1) is 0 Å². The third-order valence-electron chi connectivity index (χ3n) is 3.11. The average molecular weight is 266 g/mol. The van der Waals surface area contributed by atoms with Gasteiger partial charge in [-0.3, -0.25) is 9.69 Å². The minimum Gasteiger partial charge on any atom is -0.481 e. The molecule has 19 heavy (non-hydrogen) atoms. The summed E-state index contributed by atoms with van der Waals surface area (Å²) in [5.41, 5.74) is 0. The topological polar surface area (TPSA) is 78.8 Å². The van der Waals surface area contributed by atoms with Gasteiger partial charge in [-0.2, -0.15) is 0 Å². The first-order chi connectivity index (χ1) is 9.19. The highest BCUT2D eigenvalue weighted by molar-refractivity contribution is 5.69. The van der Waals surface area contributed by atoms with Crippen LogP contribution in [-0.4, -0.2) is 65.8 Å². The standard InChI is InChI=1S/C12H18N4O3/c1-19-11-7-10(13-9-14-11)16-4-2-3-15(5-6-16)8-12(17)18/h7,9H,2-6,8H2,1H3,(H,17,18). The number of rotatable bonds is 4. The summed E-state index contributed by atoms with van der Waals surface area (Å²) >= 11 is 0. The van der Waals surface area contributed by atoms with Crippen LogP contribution in [0.15, 0.2) is 12.4 Å². The lowest BCUT2D eigenvalue weighted by Crippen LogP contribution is -2.34. The summed E-state index contributed by atoms with van der Waals surface area (Å²) < 4.78 is 5.08. The lowest BCUT2D eigenvalue weighted by atomic mass is 10.3. The molecule has 0 unspecified atom stereocenters. The van der Waals surface area contributed by atoms with E-state index in [1.54, 1.807) is 13.2 Å². The van der Waals surface area contributed by atoms with Crippen molar-refractivity contribution < 1.29 is 14.6 Å². The Morgan fingerprint density at radius 2 is 2.21 bits per heavy atom. The van der Waals surface area contributed by atoms with Crippen molar-refractivity contribution in [1.82, 2.24) is 14.9 Å². The molecule has 0 amide bonds. The summed E-state index contributed by atoms with van der Waals surface area (Å²) in [7, 11) is 1.57. The number of carbonyl (C=O) groups is 1. The van der Waals surface area contributed by atoms with Gasteiger partial charge in [0.25, 0.3) is 0 Å². The van der Waals surface area contributed by atoms with Gasteiger partial charge in [0, 0.05) is 32.2 Å². The minimum absolute atomic E-state index is 0.0981. The maximum atomic E-state index is 10.7. The Labute approximate surface area is 111 Å². The Hall–Kier alpha value is -1.89. The lowest BCUT2D eigenvalue weighted by Gasteiger charge is -2.22. The fraction of sp³-hybridized carbons (Fsp3) is 0.583. The van der Waals surface area contributed by atoms with Crippen molar-refractivity contribution in [2.75, 3.05) is 44.7 Å². The van der Waals surface area contributed by atoms with Crippen LogP contribution < -0.4 is 9.64 Å². The molecule has 7 heteroatoms. The van der Waals surface area contributed by atoms with Crippen molar-refractivity contribution in [3.8, 4) is 5.88 Å². The van der Waals surface area contributed by atoms with Crippen molar-refractivity contribution in [2.45, 2.75) is 6.42 Å². The Morgan fingerprint density at radius 1 is 1.37 bits per heavy atom. The summed E-state index contributed by atoms with van der Waals surface area (Å²) in [6.07, 6.45) is 2.40. The zero-order chi connectivity index (χ0) is 13.7. The van der Waals surface area contributed by atoms with E-state index < -0.39 is 5.97 Å². The number of aromatic nitrogens is 2. The number of aliphatic carboxylic acids is 1. The predicted molar refractivity (Wildman–Crippen MR) is 69.5 cm³/mol. The van der Waals surface area contributed by atoms with E-state index in [9.17, 15) is 4.79 Å². The maximum Gasteiger partial charge on any atom is 0.317 e. The fourth-order valence-corrected chi connectivity index (χ4v) is 2.16. The molecule has 1 aliphatic rings. The van der Waals surface area contributed by atoms with Gasteiger partial charge in [0.1, 0.15) is 12.1 Å². The van der Waals surface area contributed by atoms with Gasteiger partial charge in [-0.05, 0) is 6.42 Å². The largest absolute Gasteiger partial charge is 0.481 e. The molecule has 1 saturated heterocycles. The summed E-state index contributed by atoms with van der Waals surface area (Å²) in [6, 6.07) is 1.80. The molecular formula is C12H18N4O3. The van der Waals surface area contributed by atoms with Crippen molar-refractivity contribution in [3.63, 3.8) is 0 Å². The molecule has 0 radical (unpaired) electrons. The highest BCUT2D eigenvalue weighted by atomic mass is 16.5. The van der Waals surface area contributed by atoms with E-state index in [2.05, 4.69) is 14.9 Å². The fourth-order valence-electron chi connectivity index (χ4n) is 2.16. The molecular weight excluding hydrogens is 248 g/mol. The molecule has 0 atom stereocenters. The van der Waals surface area contributed by atoms with E-state index in [0.29, 0.717) is 5.88 Å². The van der Waals surface area contributed by atoms with Crippen LogP contribution >= 0.6 is 0 Å². The van der Waals surface area contributed by atoms with Crippen molar-refractivity contribution in [1.29, 1.82) is 0 Å². The molecule has 0 saturated carbocycles. The van der Waals surface area contributed by atoms with E-state index in [1.165, 1.54) is 6.33 Å². The Balaban J connectivity index is 2.00. The SMILES string of the molecule is COc1cc(N2CCCN(CC(=O)O)CC2)ncn1. The monoisotopic (exact) mass is 266 g/mol. The number of anilines is 1. The van der Waals surface area contributed by atoms with Crippen LogP contribution in [0, 0.1) is 0 Å². The Morgan fingerprint density at radius 3 is 2.95 bits per heavy atom. The second-order valence-electron chi connectivity index (χ2n) is 4.43. The molecule has 0 aliphatic carbocycles. The van der Waals surface area contributed by atoms with Gasteiger partial charge < -0.3 is 14.7 Å². The summed E-state index contributed by atoms with van der Waals surface area (Å²) in [4.78, 5) is 23.0. The van der Waals surface area contributed by atoms with E-state index >= 15 is 0 Å². The summed E-state index contributed by atoms with van der Waals surface area (Å²) in [5, 5.41) is 8.82. The van der Waals surface area contributed by atoms with Crippen LogP contribution in [-0.2, 0) is 4.79 Å². The first-order valence-corrected chi connectivity index (χ1v) is 6.24. The summed E-state index contributed by atoms with van der Waals surface area (Å²) in [6.45, 7) is 3.23. The van der Waals surface area contributed by atoms with Gasteiger partial charge in [0.2, 0.25) is 5.88 Å². The van der Waals surface area contributed by atoms with Crippen LogP contribution in [0.2, 0.25) is 0 Å². The van der Waals surface area contributed by atoms with Gasteiger partial charge in [-0.25, -0.2) is 9.97 Å². The second-order valence-corrected chi connectivity index (χ2v) is 4.43. The van der Waals surface area contributed by atoms with Crippen molar-refractivity contribution >= 4 is 11.8 Å². The first-order valence-electron chi connectivity index (χ1n) is 6.24. The molecule has 1 aliphatic heterocycles. The minimum atomic E-state index is -0.780. The smallest absolute Gasteiger partial charge is 0.317 e. The summed E-state index contributed by atoms with van der Waals surface area (Å²) in [5.74, 6) is 0.581. The normalized spacial score (nSPS) is 17.0. The molecule has 1 aromatic rings. The number of carboxylic acid groups (broad SMARTS) is 1. The Bertz CT molecular complexity index is 441. The zero-order valence-corrected chi connectivity index (χ0v) is 10.9. The van der Waals surface area contributed by atoms with Crippen molar-refractivity contribution in [2.24, 2.45) is 0 Å². The molecule has 2 rings (SSSR count). The van der Waals surface area contributed by atoms with Gasteiger partial charge >= 0.3 is 5.97 Å². The molecule has 7 nitrogen and oxygen atoms in total. The van der Waals surface area contributed by atoms with E-state index in [0.717, 1.165) is 38.4 Å². The third kappa shape index (κ3) is 3.78. The van der Waals surface area contributed by atoms with Crippen LogP contribution in [0.4, 0.5) is 5.82 Å². The number of hydrogen-bond donors (Lipinski definition) is 1. The molecule has 0 spiro atoms. The van der Waals surface area contributed by atoms with E-state index in [1.807, 2.05) is 4.90 Å². The molecule has 104 valence electrons. The first kappa shape index (κ1) is 13.5. The molecule has 0 bridgehead atoms. The second kappa shape index (κ2) is 6.33. The van der Waals surface area contributed by atoms with Crippen molar-refractivity contribution in [3.05, 3.63) is 12.4 Å². The van der Waals surface area contributed by atoms with Crippen LogP contribution in [0.1, 0.15) is 6.42 Å². The van der Waals surface area contributed by atoms with Crippen LogP contribution in [0.3, 0.4) is 0 Å². The van der Waals surface area contributed by atoms with Gasteiger partial charge in [0.05, 0.1) is 13.7 Å². The number of methoxy groups -OCH3 is 1. The van der Waals surface area contributed by atoms with Crippen LogP contribution in [0.25, 0.3) is 0 Å². The zero-order valence-electron chi connectivity index (χ0n) is 10.9. The predicted octanol–water partition coefficient (Wildman–Crippen LogP) is 0.0819. The molecule has 1 aromatic heterocycles. The molecule has 1 fully saturated rings. The number of carboxylic acids is 1. The maximum absolute atomic E-state index is 10.7. The Kier molecular flexibility index (Phi) is 4.51. The van der Waals surface area contributed by atoms with Gasteiger partial charge in [-0.1, -0.05) is 0 Å². The quantitative estimate of drug-likeness (QED) is 0.826. The van der Waals surface area contributed by atoms with Gasteiger partial charge in [0.15, 0.2) is 0 Å².